The fourth-order valence-corrected chi connectivity index (χ4v) is 2.64. The van der Waals surface area contributed by atoms with Crippen LogP contribution in [0.1, 0.15) is 54.2 Å². The number of carbonyl (C=O) groups excluding carboxylic acids is 1. The number of carbonyl (C=O) groups is 1. The molecule has 1 atom stereocenters. The van der Waals surface area contributed by atoms with Gasteiger partial charge in [0, 0.05) is 10.1 Å². The number of oxazole rings is 1. The Hall–Kier alpha value is -1.41. The number of aromatic nitrogens is 1. The van der Waals surface area contributed by atoms with Crippen LogP contribution < -0.4 is 11.1 Å². The highest BCUT2D eigenvalue weighted by Crippen LogP contribution is 2.16. The number of hydrogen-bond acceptors (Lipinski definition) is 4. The van der Waals surface area contributed by atoms with Gasteiger partial charge in [-0.05, 0) is 46.7 Å². The number of unbranched alkanes of at least 4 members (excludes halogenated alkanes) is 1. The predicted octanol–water partition coefficient (Wildman–Crippen LogP) is 3.40. The molecular weight excluding hydrogens is 393 g/mol. The molecule has 1 unspecified atom stereocenters. The summed E-state index contributed by atoms with van der Waals surface area (Å²) < 4.78 is 6.45. The van der Waals surface area contributed by atoms with Crippen LogP contribution in [0.5, 0.6) is 0 Å². The zero-order valence-corrected chi connectivity index (χ0v) is 14.7. The largest absolute Gasteiger partial charge is 0.446 e. The molecule has 0 aliphatic rings. The average molecular weight is 413 g/mol. The molecule has 0 saturated carbocycles. The van der Waals surface area contributed by atoms with Crippen molar-refractivity contribution < 1.29 is 9.21 Å². The van der Waals surface area contributed by atoms with Gasteiger partial charge in [-0.2, -0.15) is 0 Å². The first-order valence-electron chi connectivity index (χ1n) is 7.33. The van der Waals surface area contributed by atoms with Crippen molar-refractivity contribution in [2.75, 3.05) is 0 Å². The van der Waals surface area contributed by atoms with Gasteiger partial charge in [-0.15, -0.1) is 0 Å². The molecule has 118 valence electrons. The van der Waals surface area contributed by atoms with E-state index in [1.807, 2.05) is 24.3 Å². The summed E-state index contributed by atoms with van der Waals surface area (Å²) in [6.07, 6.45) is 4.25. The Kier molecular flexibility index (Phi) is 6.38. The van der Waals surface area contributed by atoms with E-state index in [-0.39, 0.29) is 17.6 Å². The van der Waals surface area contributed by atoms with Crippen molar-refractivity contribution in [1.82, 2.24) is 10.3 Å². The van der Waals surface area contributed by atoms with E-state index in [1.165, 1.54) is 6.26 Å². The Morgan fingerprint density at radius 2 is 2.32 bits per heavy atom. The molecule has 1 heterocycles. The van der Waals surface area contributed by atoms with Crippen LogP contribution >= 0.6 is 22.6 Å². The number of hydrogen-bond donors (Lipinski definition) is 2. The lowest BCUT2D eigenvalue weighted by Crippen LogP contribution is -2.23. The van der Waals surface area contributed by atoms with Crippen LogP contribution in [0.2, 0.25) is 0 Å². The van der Waals surface area contributed by atoms with Crippen LogP contribution in [0.15, 0.2) is 34.9 Å². The predicted molar refractivity (Wildman–Crippen MR) is 93.3 cm³/mol. The van der Waals surface area contributed by atoms with Crippen LogP contribution in [0.4, 0.5) is 0 Å². The van der Waals surface area contributed by atoms with E-state index in [1.54, 1.807) is 0 Å². The minimum Gasteiger partial charge on any atom is -0.446 e. The molecule has 22 heavy (non-hydrogen) atoms. The Morgan fingerprint density at radius 1 is 1.50 bits per heavy atom. The van der Waals surface area contributed by atoms with Gasteiger partial charge in [0.1, 0.15) is 6.26 Å². The molecule has 0 bridgehead atoms. The smallest absolute Gasteiger partial charge is 0.273 e. The first-order valence-corrected chi connectivity index (χ1v) is 8.41. The molecule has 0 saturated heterocycles. The van der Waals surface area contributed by atoms with Gasteiger partial charge in [0.15, 0.2) is 5.69 Å². The Bertz CT molecular complexity index is 627. The molecule has 0 fully saturated rings. The molecule has 1 amide bonds. The second-order valence-electron chi connectivity index (χ2n) is 5.13. The SMILES string of the molecule is CCCCC(N)c1nc(C(=O)NCc2cccc(I)c2)co1. The maximum atomic E-state index is 12.1. The monoisotopic (exact) mass is 413 g/mol. The van der Waals surface area contributed by atoms with Crippen LogP contribution in [0.25, 0.3) is 0 Å². The summed E-state index contributed by atoms with van der Waals surface area (Å²) in [6.45, 7) is 2.56. The van der Waals surface area contributed by atoms with Crippen LogP contribution in [0.3, 0.4) is 0 Å². The van der Waals surface area contributed by atoms with Crippen LogP contribution in [-0.2, 0) is 6.54 Å². The quantitative estimate of drug-likeness (QED) is 0.682. The van der Waals surface area contributed by atoms with Gasteiger partial charge in [0.05, 0.1) is 6.04 Å². The number of amides is 1. The molecule has 1 aromatic carbocycles. The summed E-state index contributed by atoms with van der Waals surface area (Å²) in [5, 5.41) is 2.83. The van der Waals surface area contributed by atoms with E-state index in [4.69, 9.17) is 10.2 Å². The maximum Gasteiger partial charge on any atom is 0.273 e. The third kappa shape index (κ3) is 4.81. The van der Waals surface area contributed by atoms with E-state index in [0.717, 1.165) is 28.4 Å². The number of rotatable bonds is 7. The van der Waals surface area contributed by atoms with E-state index >= 15 is 0 Å². The van der Waals surface area contributed by atoms with E-state index in [0.29, 0.717) is 12.4 Å². The summed E-state index contributed by atoms with van der Waals surface area (Å²) >= 11 is 2.24. The summed E-state index contributed by atoms with van der Waals surface area (Å²) in [5.74, 6) is 0.171. The highest BCUT2D eigenvalue weighted by molar-refractivity contribution is 14.1. The molecule has 3 N–H and O–H groups in total. The van der Waals surface area contributed by atoms with E-state index in [9.17, 15) is 4.79 Å². The van der Waals surface area contributed by atoms with E-state index < -0.39 is 0 Å². The molecule has 6 heteroatoms. The van der Waals surface area contributed by atoms with Crippen LogP contribution in [0, 0.1) is 3.57 Å². The number of halogens is 1. The Morgan fingerprint density at radius 3 is 3.05 bits per heavy atom. The van der Waals surface area contributed by atoms with Gasteiger partial charge in [-0.3, -0.25) is 4.79 Å². The van der Waals surface area contributed by atoms with Crippen molar-refractivity contribution in [3.8, 4) is 0 Å². The first-order chi connectivity index (χ1) is 10.6. The zero-order chi connectivity index (χ0) is 15.9. The fourth-order valence-electron chi connectivity index (χ4n) is 2.03. The molecule has 2 rings (SSSR count). The normalized spacial score (nSPS) is 12.1. The summed E-state index contributed by atoms with van der Waals surface area (Å²) in [7, 11) is 0. The molecule has 0 aliphatic carbocycles. The third-order valence-electron chi connectivity index (χ3n) is 3.28. The van der Waals surface area contributed by atoms with Crippen molar-refractivity contribution in [1.29, 1.82) is 0 Å². The minimum absolute atomic E-state index is 0.253. The van der Waals surface area contributed by atoms with Gasteiger partial charge in [-0.1, -0.05) is 31.9 Å². The second kappa shape index (κ2) is 8.28. The highest BCUT2D eigenvalue weighted by atomic mass is 127. The summed E-state index contributed by atoms with van der Waals surface area (Å²) in [4.78, 5) is 16.3. The highest BCUT2D eigenvalue weighted by Gasteiger charge is 2.16. The molecule has 0 radical (unpaired) electrons. The molecule has 0 aliphatic heterocycles. The van der Waals surface area contributed by atoms with Crippen molar-refractivity contribution in [2.24, 2.45) is 5.73 Å². The molecule has 5 nitrogen and oxygen atoms in total. The standard InChI is InChI=1S/C16H20IN3O2/c1-2-3-7-13(18)16-20-14(10-22-16)15(21)19-9-11-5-4-6-12(17)8-11/h4-6,8,10,13H,2-3,7,9,18H2,1H3,(H,19,21). The number of benzene rings is 1. The minimum atomic E-state index is -0.253. The van der Waals surface area contributed by atoms with Gasteiger partial charge in [0.2, 0.25) is 5.89 Å². The van der Waals surface area contributed by atoms with Gasteiger partial charge in [0.25, 0.3) is 5.91 Å². The Balaban J connectivity index is 1.91. The fraction of sp³-hybridized carbons (Fsp3) is 0.375. The maximum absolute atomic E-state index is 12.1. The second-order valence-corrected chi connectivity index (χ2v) is 6.38. The lowest BCUT2D eigenvalue weighted by molar-refractivity contribution is 0.0946. The Labute approximate surface area is 143 Å². The number of nitrogens with zero attached hydrogens (tertiary/aromatic N) is 1. The molecule has 0 spiro atoms. The van der Waals surface area contributed by atoms with Crippen molar-refractivity contribution in [2.45, 2.75) is 38.8 Å². The van der Waals surface area contributed by atoms with E-state index in [2.05, 4.69) is 39.8 Å². The van der Waals surface area contributed by atoms with Gasteiger partial charge < -0.3 is 15.5 Å². The van der Waals surface area contributed by atoms with Crippen molar-refractivity contribution in [3.63, 3.8) is 0 Å². The first kappa shape index (κ1) is 17.0. The van der Waals surface area contributed by atoms with Crippen molar-refractivity contribution >= 4 is 28.5 Å². The summed E-state index contributed by atoms with van der Waals surface area (Å²) in [5.41, 5.74) is 7.30. The number of nitrogens with one attached hydrogen (secondary N) is 1. The van der Waals surface area contributed by atoms with Crippen LogP contribution in [-0.4, -0.2) is 10.9 Å². The zero-order valence-electron chi connectivity index (χ0n) is 12.5. The molecule has 2 aromatic rings. The average Bonchev–Trinajstić information content (AvgIpc) is 3.00. The summed E-state index contributed by atoms with van der Waals surface area (Å²) in [6, 6.07) is 7.71. The van der Waals surface area contributed by atoms with Gasteiger partial charge in [-0.25, -0.2) is 4.98 Å². The van der Waals surface area contributed by atoms with Gasteiger partial charge >= 0.3 is 0 Å². The number of nitrogens with two attached hydrogens (primary N) is 1. The molecule has 1 aromatic heterocycles. The topological polar surface area (TPSA) is 81.1 Å². The molecular formula is C16H20IN3O2. The lowest BCUT2D eigenvalue weighted by Gasteiger charge is -2.05. The lowest BCUT2D eigenvalue weighted by atomic mass is 10.1. The third-order valence-corrected chi connectivity index (χ3v) is 3.95. The van der Waals surface area contributed by atoms with Crippen molar-refractivity contribution in [3.05, 3.63) is 51.2 Å².